The molecule has 0 aliphatic carbocycles. The zero-order valence-electron chi connectivity index (χ0n) is 5.73. The smallest absolute Gasteiger partial charge is 0.210 e. The molecule has 0 atom stereocenters. The van der Waals surface area contributed by atoms with Gasteiger partial charge in [0.1, 0.15) is 5.82 Å². The molecule has 1 aromatic carbocycles. The molecule has 0 spiro atoms. The molecule has 0 bridgehead atoms. The predicted octanol–water partition coefficient (Wildman–Crippen LogP) is 2.63. The van der Waals surface area contributed by atoms with Crippen LogP contribution in [0.3, 0.4) is 0 Å². The minimum Gasteiger partial charge on any atom is -0.210 e. The molecule has 0 aliphatic heterocycles. The second-order valence-corrected chi connectivity index (χ2v) is 2.19. The first-order valence-corrected chi connectivity index (χ1v) is 3.21. The van der Waals surface area contributed by atoms with Crippen molar-refractivity contribution in [3.05, 3.63) is 35.6 Å². The minimum atomic E-state index is -2.48. The standard InChI is InChI=1S/C8H7F3/c9-7-4-2-1-3-6(7)5-8(10)11/h1-4,8H,5H2. The molecule has 1 aromatic rings. The van der Waals surface area contributed by atoms with E-state index in [1.165, 1.54) is 18.2 Å². The van der Waals surface area contributed by atoms with Crippen molar-refractivity contribution in [2.24, 2.45) is 0 Å². The summed E-state index contributed by atoms with van der Waals surface area (Å²) in [4.78, 5) is 0. The zero-order chi connectivity index (χ0) is 8.27. The third kappa shape index (κ3) is 2.26. The van der Waals surface area contributed by atoms with Gasteiger partial charge in [-0.1, -0.05) is 18.2 Å². The molecule has 1 rings (SSSR count). The maximum atomic E-state index is 12.6. The van der Waals surface area contributed by atoms with Crippen LogP contribution >= 0.6 is 0 Å². The van der Waals surface area contributed by atoms with E-state index in [1.54, 1.807) is 6.07 Å². The molecule has 0 heterocycles. The van der Waals surface area contributed by atoms with Crippen molar-refractivity contribution in [2.45, 2.75) is 12.8 Å². The Balaban J connectivity index is 2.78. The summed E-state index contributed by atoms with van der Waals surface area (Å²) in [5.74, 6) is -0.562. The lowest BCUT2D eigenvalue weighted by molar-refractivity contribution is 0.148. The second kappa shape index (κ2) is 3.42. The normalized spacial score (nSPS) is 10.5. The van der Waals surface area contributed by atoms with Crippen LogP contribution < -0.4 is 0 Å². The maximum absolute atomic E-state index is 12.6. The van der Waals surface area contributed by atoms with Crippen LogP contribution in [0, 0.1) is 5.82 Å². The lowest BCUT2D eigenvalue weighted by atomic mass is 10.1. The van der Waals surface area contributed by atoms with Gasteiger partial charge < -0.3 is 0 Å². The van der Waals surface area contributed by atoms with E-state index in [1.807, 2.05) is 0 Å². The van der Waals surface area contributed by atoms with Crippen molar-refractivity contribution < 1.29 is 13.2 Å². The fraction of sp³-hybridized carbons (Fsp3) is 0.250. The number of benzene rings is 1. The first-order chi connectivity index (χ1) is 5.20. The molecule has 0 unspecified atom stereocenters. The van der Waals surface area contributed by atoms with Crippen molar-refractivity contribution in [3.8, 4) is 0 Å². The fourth-order valence-corrected chi connectivity index (χ4v) is 0.830. The van der Waals surface area contributed by atoms with Crippen molar-refractivity contribution in [1.82, 2.24) is 0 Å². The predicted molar refractivity (Wildman–Crippen MR) is 36.1 cm³/mol. The van der Waals surface area contributed by atoms with Crippen LogP contribution in [-0.4, -0.2) is 6.43 Å². The summed E-state index contributed by atoms with van der Waals surface area (Å²) < 4.78 is 36.1. The van der Waals surface area contributed by atoms with Gasteiger partial charge in [0.25, 0.3) is 0 Å². The molecule has 0 fully saturated rings. The molecular formula is C8H7F3. The second-order valence-electron chi connectivity index (χ2n) is 2.19. The first-order valence-electron chi connectivity index (χ1n) is 3.21. The molecule has 0 aliphatic rings. The number of rotatable bonds is 2. The van der Waals surface area contributed by atoms with Gasteiger partial charge in [-0.25, -0.2) is 13.2 Å². The Labute approximate surface area is 62.7 Å². The van der Waals surface area contributed by atoms with Crippen molar-refractivity contribution >= 4 is 0 Å². The van der Waals surface area contributed by atoms with Crippen molar-refractivity contribution in [2.75, 3.05) is 0 Å². The van der Waals surface area contributed by atoms with E-state index in [2.05, 4.69) is 0 Å². The lowest BCUT2D eigenvalue weighted by Crippen LogP contribution is -1.98. The number of hydrogen-bond acceptors (Lipinski definition) is 0. The summed E-state index contributed by atoms with van der Waals surface area (Å²) in [6.45, 7) is 0. The van der Waals surface area contributed by atoms with Crippen LogP contribution in [0.25, 0.3) is 0 Å². The van der Waals surface area contributed by atoms with Crippen LogP contribution in [0.5, 0.6) is 0 Å². The van der Waals surface area contributed by atoms with E-state index in [4.69, 9.17) is 0 Å². The van der Waals surface area contributed by atoms with Gasteiger partial charge in [0.2, 0.25) is 6.43 Å². The molecule has 60 valence electrons. The maximum Gasteiger partial charge on any atom is 0.242 e. The van der Waals surface area contributed by atoms with Crippen LogP contribution in [-0.2, 0) is 6.42 Å². The number of halogens is 3. The number of alkyl halides is 2. The van der Waals surface area contributed by atoms with E-state index >= 15 is 0 Å². The van der Waals surface area contributed by atoms with E-state index < -0.39 is 18.7 Å². The van der Waals surface area contributed by atoms with Crippen LogP contribution in [0.1, 0.15) is 5.56 Å². The van der Waals surface area contributed by atoms with Gasteiger partial charge in [0, 0.05) is 6.42 Å². The summed E-state index contributed by atoms with van der Waals surface area (Å²) in [6, 6.07) is 5.56. The summed E-state index contributed by atoms with van der Waals surface area (Å²) in [7, 11) is 0. The Bertz CT molecular complexity index is 233. The van der Waals surface area contributed by atoms with Gasteiger partial charge in [-0.05, 0) is 11.6 Å². The monoisotopic (exact) mass is 160 g/mol. The molecule has 11 heavy (non-hydrogen) atoms. The first kappa shape index (κ1) is 8.11. The number of hydrogen-bond donors (Lipinski definition) is 0. The average Bonchev–Trinajstić information content (AvgIpc) is 1.93. The van der Waals surface area contributed by atoms with E-state index in [0.29, 0.717) is 0 Å². The van der Waals surface area contributed by atoms with Gasteiger partial charge in [-0.15, -0.1) is 0 Å². The fourth-order valence-electron chi connectivity index (χ4n) is 0.830. The van der Waals surface area contributed by atoms with Crippen LogP contribution in [0.2, 0.25) is 0 Å². The molecule has 0 amide bonds. The van der Waals surface area contributed by atoms with E-state index in [-0.39, 0.29) is 5.56 Å². The largest absolute Gasteiger partial charge is 0.242 e. The minimum absolute atomic E-state index is 0.0718. The third-order valence-corrected chi connectivity index (χ3v) is 1.33. The summed E-state index contributed by atoms with van der Waals surface area (Å²) >= 11 is 0. The van der Waals surface area contributed by atoms with Gasteiger partial charge >= 0.3 is 0 Å². The molecule has 0 N–H and O–H groups in total. The van der Waals surface area contributed by atoms with Gasteiger partial charge in [0.15, 0.2) is 0 Å². The molecule has 3 heteroatoms. The highest BCUT2D eigenvalue weighted by atomic mass is 19.3. The summed E-state index contributed by atoms with van der Waals surface area (Å²) in [5, 5.41) is 0. The van der Waals surface area contributed by atoms with Crippen molar-refractivity contribution in [3.63, 3.8) is 0 Å². The SMILES string of the molecule is Fc1ccccc1CC(F)F. The highest BCUT2D eigenvalue weighted by Gasteiger charge is 2.07. The van der Waals surface area contributed by atoms with E-state index in [9.17, 15) is 13.2 Å². The third-order valence-electron chi connectivity index (χ3n) is 1.33. The highest BCUT2D eigenvalue weighted by Crippen LogP contribution is 2.10. The average molecular weight is 160 g/mol. The van der Waals surface area contributed by atoms with Gasteiger partial charge in [-0.2, -0.15) is 0 Å². The molecule has 0 nitrogen and oxygen atoms in total. The van der Waals surface area contributed by atoms with Crippen LogP contribution in [0.15, 0.2) is 24.3 Å². The highest BCUT2D eigenvalue weighted by molar-refractivity contribution is 5.17. The Hall–Kier alpha value is -0.990. The topological polar surface area (TPSA) is 0 Å². The molecule has 0 aromatic heterocycles. The molecule has 0 saturated carbocycles. The van der Waals surface area contributed by atoms with E-state index in [0.717, 1.165) is 0 Å². The summed E-state index contributed by atoms with van der Waals surface area (Å²) in [5.41, 5.74) is 0.0718. The van der Waals surface area contributed by atoms with Gasteiger partial charge in [0.05, 0.1) is 0 Å². The molecular weight excluding hydrogens is 153 g/mol. The zero-order valence-corrected chi connectivity index (χ0v) is 5.73. The summed E-state index contributed by atoms with van der Waals surface area (Å²) in [6.07, 6.45) is -2.99. The van der Waals surface area contributed by atoms with Crippen molar-refractivity contribution in [1.29, 1.82) is 0 Å². The Morgan fingerprint density at radius 1 is 1.18 bits per heavy atom. The van der Waals surface area contributed by atoms with Crippen LogP contribution in [0.4, 0.5) is 13.2 Å². The Morgan fingerprint density at radius 3 is 2.36 bits per heavy atom. The Morgan fingerprint density at radius 2 is 1.82 bits per heavy atom. The molecule has 0 radical (unpaired) electrons. The quantitative estimate of drug-likeness (QED) is 0.623. The van der Waals surface area contributed by atoms with Gasteiger partial charge in [-0.3, -0.25) is 0 Å². The lowest BCUT2D eigenvalue weighted by Gasteiger charge is -1.99. The molecule has 0 saturated heterocycles. The Kier molecular flexibility index (Phi) is 2.52.